The number of hydrogen-bond donors (Lipinski definition) is 1. The van der Waals surface area contributed by atoms with Crippen molar-refractivity contribution in [1.82, 2.24) is 9.88 Å². The Hall–Kier alpha value is -1.76. The highest BCUT2D eigenvalue weighted by Gasteiger charge is 2.41. The van der Waals surface area contributed by atoms with Gasteiger partial charge in [-0.25, -0.2) is 0 Å². The van der Waals surface area contributed by atoms with E-state index in [4.69, 9.17) is 4.74 Å². The fraction of sp³-hybridized carbons (Fsp3) is 0.474. The first-order valence-corrected chi connectivity index (χ1v) is 9.68. The summed E-state index contributed by atoms with van der Waals surface area (Å²) < 4.78 is 6.11. The summed E-state index contributed by atoms with van der Waals surface area (Å²) in [5.41, 5.74) is 2.09. The molecule has 0 aliphatic carbocycles. The van der Waals surface area contributed by atoms with Gasteiger partial charge in [-0.05, 0) is 61.4 Å². The third-order valence-electron chi connectivity index (χ3n) is 5.19. The Bertz CT molecular complexity index is 733. The normalized spacial score (nSPS) is 26.4. The van der Waals surface area contributed by atoms with E-state index in [2.05, 4.69) is 33.6 Å². The number of aryl methyl sites for hydroxylation is 1. The van der Waals surface area contributed by atoms with Crippen LogP contribution in [-0.4, -0.2) is 41.1 Å². The van der Waals surface area contributed by atoms with Gasteiger partial charge in [-0.1, -0.05) is 0 Å². The molecule has 0 spiro atoms. The van der Waals surface area contributed by atoms with E-state index in [1.54, 1.807) is 12.4 Å². The van der Waals surface area contributed by atoms with Gasteiger partial charge in [0.2, 0.25) is 0 Å². The van der Waals surface area contributed by atoms with E-state index >= 15 is 0 Å². The van der Waals surface area contributed by atoms with Gasteiger partial charge in [0.15, 0.2) is 0 Å². The number of ether oxygens (including phenoxy) is 1. The van der Waals surface area contributed by atoms with E-state index in [1.165, 1.54) is 10.4 Å². The minimum atomic E-state index is -0.348. The van der Waals surface area contributed by atoms with Gasteiger partial charge in [0.25, 0.3) is 5.91 Å². The van der Waals surface area contributed by atoms with Gasteiger partial charge in [0.05, 0.1) is 18.0 Å². The van der Waals surface area contributed by atoms with Crippen molar-refractivity contribution in [2.75, 3.05) is 18.4 Å². The van der Waals surface area contributed by atoms with Gasteiger partial charge in [-0.15, -0.1) is 11.3 Å². The van der Waals surface area contributed by atoms with Crippen LogP contribution in [0.25, 0.3) is 0 Å². The molecular weight excluding hydrogens is 334 g/mol. The lowest BCUT2D eigenvalue weighted by Crippen LogP contribution is -2.41. The van der Waals surface area contributed by atoms with Crippen molar-refractivity contribution in [3.63, 3.8) is 0 Å². The van der Waals surface area contributed by atoms with Crippen molar-refractivity contribution in [2.45, 2.75) is 38.5 Å². The molecule has 2 fully saturated rings. The van der Waals surface area contributed by atoms with Crippen LogP contribution in [0.15, 0.2) is 36.0 Å². The van der Waals surface area contributed by atoms with Crippen molar-refractivity contribution in [1.29, 1.82) is 0 Å². The number of nitrogens with one attached hydrogen (secondary N) is 1. The first-order valence-electron chi connectivity index (χ1n) is 8.81. The fourth-order valence-electron chi connectivity index (χ4n) is 3.74. The standard InChI is InChI=1S/C19H23N3O2S/c1-13-5-8-25-18(13)12-22-7-4-14-9-16(24-17(14)11-22)19(23)21-15-3-2-6-20-10-15/h2-3,5-6,8,10,14,16-17H,4,7,9,11-12H2,1H3,(H,21,23)/t14-,16+,17+/m0/s1. The summed E-state index contributed by atoms with van der Waals surface area (Å²) in [6, 6.07) is 5.84. The average molecular weight is 357 g/mol. The van der Waals surface area contributed by atoms with Crippen LogP contribution < -0.4 is 5.32 Å². The Balaban J connectivity index is 1.33. The molecule has 2 aromatic heterocycles. The smallest absolute Gasteiger partial charge is 0.253 e. The Morgan fingerprint density at radius 3 is 3.16 bits per heavy atom. The molecule has 1 N–H and O–H groups in total. The fourth-order valence-corrected chi connectivity index (χ4v) is 4.68. The highest BCUT2D eigenvalue weighted by atomic mass is 32.1. The number of pyridine rings is 1. The van der Waals surface area contributed by atoms with Crippen LogP contribution in [0.5, 0.6) is 0 Å². The summed E-state index contributed by atoms with van der Waals surface area (Å²) in [4.78, 5) is 20.4. The van der Waals surface area contributed by atoms with Crippen LogP contribution >= 0.6 is 11.3 Å². The molecule has 0 aromatic carbocycles. The molecule has 3 atom stereocenters. The lowest BCUT2D eigenvalue weighted by Gasteiger charge is -2.33. The zero-order valence-electron chi connectivity index (χ0n) is 14.4. The van der Waals surface area contributed by atoms with Crippen molar-refractivity contribution < 1.29 is 9.53 Å². The first-order chi connectivity index (χ1) is 12.2. The number of nitrogens with zero attached hydrogens (tertiary/aromatic N) is 2. The van der Waals surface area contributed by atoms with Gasteiger partial charge in [-0.3, -0.25) is 14.7 Å². The third-order valence-corrected chi connectivity index (χ3v) is 6.20. The number of likely N-dealkylation sites (tertiary alicyclic amines) is 1. The number of fused-ring (bicyclic) bond motifs is 1. The van der Waals surface area contributed by atoms with Crippen molar-refractivity contribution in [2.24, 2.45) is 5.92 Å². The van der Waals surface area contributed by atoms with Crippen LogP contribution in [0.1, 0.15) is 23.3 Å². The summed E-state index contributed by atoms with van der Waals surface area (Å²) in [6.07, 6.45) is 5.09. The highest BCUT2D eigenvalue weighted by Crippen LogP contribution is 2.34. The van der Waals surface area contributed by atoms with E-state index in [-0.39, 0.29) is 18.1 Å². The largest absolute Gasteiger partial charge is 0.364 e. The van der Waals surface area contributed by atoms with Gasteiger partial charge in [0.1, 0.15) is 6.10 Å². The molecule has 0 unspecified atom stereocenters. The number of anilines is 1. The zero-order valence-corrected chi connectivity index (χ0v) is 15.2. The summed E-state index contributed by atoms with van der Waals surface area (Å²) in [6.45, 7) is 5.16. The monoisotopic (exact) mass is 357 g/mol. The molecule has 2 saturated heterocycles. The Morgan fingerprint density at radius 2 is 2.40 bits per heavy atom. The molecular formula is C19H23N3O2S. The summed E-state index contributed by atoms with van der Waals surface area (Å²) in [7, 11) is 0. The zero-order chi connectivity index (χ0) is 17.2. The van der Waals surface area contributed by atoms with E-state index in [0.29, 0.717) is 5.92 Å². The van der Waals surface area contributed by atoms with Gasteiger partial charge < -0.3 is 10.1 Å². The second-order valence-corrected chi connectivity index (χ2v) is 7.94. The van der Waals surface area contributed by atoms with Crippen LogP contribution in [-0.2, 0) is 16.1 Å². The maximum absolute atomic E-state index is 12.5. The number of aromatic nitrogens is 1. The van der Waals surface area contributed by atoms with Crippen molar-refractivity contribution in [3.8, 4) is 0 Å². The first kappa shape index (κ1) is 16.7. The Kier molecular flexibility index (Phi) is 4.83. The lowest BCUT2D eigenvalue weighted by molar-refractivity contribution is -0.127. The summed E-state index contributed by atoms with van der Waals surface area (Å²) >= 11 is 1.82. The van der Waals surface area contributed by atoms with Gasteiger partial charge >= 0.3 is 0 Å². The lowest BCUT2D eigenvalue weighted by atomic mass is 9.91. The molecule has 6 heteroatoms. The van der Waals surface area contributed by atoms with E-state index in [1.807, 2.05) is 23.5 Å². The Morgan fingerprint density at radius 1 is 1.48 bits per heavy atom. The number of carbonyl (C=O) groups is 1. The molecule has 0 saturated carbocycles. The van der Waals surface area contributed by atoms with E-state index in [0.717, 1.165) is 38.2 Å². The van der Waals surface area contributed by atoms with Gasteiger partial charge in [0, 0.05) is 24.2 Å². The molecule has 2 aromatic rings. The van der Waals surface area contributed by atoms with Gasteiger partial charge in [-0.2, -0.15) is 0 Å². The minimum absolute atomic E-state index is 0.0527. The molecule has 2 aliphatic heterocycles. The third kappa shape index (κ3) is 3.76. The van der Waals surface area contributed by atoms with Crippen LogP contribution in [0.3, 0.4) is 0 Å². The second-order valence-electron chi connectivity index (χ2n) is 6.94. The summed E-state index contributed by atoms with van der Waals surface area (Å²) in [5, 5.41) is 5.07. The molecule has 4 heterocycles. The molecule has 4 rings (SSSR count). The highest BCUT2D eigenvalue weighted by molar-refractivity contribution is 7.10. The number of rotatable bonds is 4. The van der Waals surface area contributed by atoms with Crippen LogP contribution in [0.2, 0.25) is 0 Å². The molecule has 132 valence electrons. The van der Waals surface area contributed by atoms with E-state index < -0.39 is 0 Å². The molecule has 0 radical (unpaired) electrons. The quantitative estimate of drug-likeness (QED) is 0.914. The number of thiophene rings is 1. The molecule has 1 amide bonds. The van der Waals surface area contributed by atoms with Crippen molar-refractivity contribution >= 4 is 22.9 Å². The summed E-state index contributed by atoms with van der Waals surface area (Å²) in [5.74, 6) is 0.438. The molecule has 0 bridgehead atoms. The average Bonchev–Trinajstić information content (AvgIpc) is 3.22. The number of hydrogen-bond acceptors (Lipinski definition) is 5. The second kappa shape index (κ2) is 7.23. The number of carbonyl (C=O) groups excluding carboxylic acids is 1. The number of piperidine rings is 1. The maximum Gasteiger partial charge on any atom is 0.253 e. The predicted octanol–water partition coefficient (Wildman–Crippen LogP) is 3.07. The maximum atomic E-state index is 12.5. The minimum Gasteiger partial charge on any atom is -0.364 e. The Labute approximate surface area is 152 Å². The SMILES string of the molecule is Cc1ccsc1CN1CC[C@H]2C[C@H](C(=O)Nc3cccnc3)O[C@@H]2C1. The van der Waals surface area contributed by atoms with E-state index in [9.17, 15) is 4.79 Å². The van der Waals surface area contributed by atoms with Crippen LogP contribution in [0, 0.1) is 12.8 Å². The topological polar surface area (TPSA) is 54.5 Å². The molecule has 2 aliphatic rings. The predicted molar refractivity (Wildman–Crippen MR) is 98.6 cm³/mol. The van der Waals surface area contributed by atoms with Crippen LogP contribution in [0.4, 0.5) is 5.69 Å². The van der Waals surface area contributed by atoms with Crippen molar-refractivity contribution in [3.05, 3.63) is 46.4 Å². The number of amides is 1. The molecule has 5 nitrogen and oxygen atoms in total. The molecule has 25 heavy (non-hydrogen) atoms.